The van der Waals surface area contributed by atoms with E-state index < -0.39 is 6.10 Å². The average molecular weight is 449 g/mol. The molecule has 33 heavy (non-hydrogen) atoms. The lowest BCUT2D eigenvalue weighted by molar-refractivity contribution is 0.0322. The molecule has 6 heteroatoms. The maximum Gasteiger partial charge on any atom is 0.145 e. The first-order valence-electron chi connectivity index (χ1n) is 11.2. The Morgan fingerprint density at radius 1 is 1.06 bits per heavy atom. The minimum absolute atomic E-state index is 0.214. The lowest BCUT2D eigenvalue weighted by Crippen LogP contribution is -2.38. The summed E-state index contributed by atoms with van der Waals surface area (Å²) in [6.07, 6.45) is 0.336. The number of hydrogen-bond donors (Lipinski definition) is 1. The van der Waals surface area contributed by atoms with Crippen LogP contribution in [0.1, 0.15) is 23.1 Å². The van der Waals surface area contributed by atoms with Crippen molar-refractivity contribution in [2.24, 2.45) is 5.16 Å². The first kappa shape index (κ1) is 23.0. The van der Waals surface area contributed by atoms with E-state index in [1.54, 1.807) is 25.3 Å². The predicted molar refractivity (Wildman–Crippen MR) is 127 cm³/mol. The molecule has 0 bridgehead atoms. The van der Waals surface area contributed by atoms with Crippen LogP contribution in [0.3, 0.4) is 0 Å². The Morgan fingerprint density at radius 3 is 2.61 bits per heavy atom. The van der Waals surface area contributed by atoms with Crippen molar-refractivity contribution in [2.75, 3.05) is 20.2 Å². The van der Waals surface area contributed by atoms with Crippen molar-refractivity contribution in [1.82, 2.24) is 4.90 Å². The van der Waals surface area contributed by atoms with Crippen LogP contribution in [0.2, 0.25) is 0 Å². The molecule has 0 spiro atoms. The van der Waals surface area contributed by atoms with E-state index in [-0.39, 0.29) is 11.9 Å². The first-order valence-corrected chi connectivity index (χ1v) is 11.2. The minimum Gasteiger partial charge on any atom is -0.497 e. The van der Waals surface area contributed by atoms with Crippen molar-refractivity contribution in [2.45, 2.75) is 31.6 Å². The van der Waals surface area contributed by atoms with Gasteiger partial charge in [0.2, 0.25) is 0 Å². The number of oxime groups is 1. The van der Waals surface area contributed by atoms with Crippen LogP contribution < -0.4 is 4.74 Å². The van der Waals surface area contributed by atoms with Crippen LogP contribution in [0.15, 0.2) is 84.0 Å². The third kappa shape index (κ3) is 6.40. The van der Waals surface area contributed by atoms with Crippen LogP contribution in [0, 0.1) is 5.82 Å². The molecule has 3 aromatic rings. The molecule has 0 saturated carbocycles. The van der Waals surface area contributed by atoms with Crippen LogP contribution in [0.25, 0.3) is 0 Å². The van der Waals surface area contributed by atoms with Gasteiger partial charge in [0.15, 0.2) is 0 Å². The summed E-state index contributed by atoms with van der Waals surface area (Å²) in [5.41, 5.74) is 3.26. The van der Waals surface area contributed by atoms with Crippen molar-refractivity contribution in [3.8, 4) is 5.75 Å². The largest absolute Gasteiger partial charge is 0.497 e. The zero-order valence-corrected chi connectivity index (χ0v) is 18.7. The fourth-order valence-corrected chi connectivity index (χ4v) is 4.15. The molecule has 0 aromatic heterocycles. The number of rotatable bonds is 10. The van der Waals surface area contributed by atoms with Gasteiger partial charge in [-0.25, -0.2) is 4.39 Å². The monoisotopic (exact) mass is 448 g/mol. The molecule has 2 atom stereocenters. The lowest BCUT2D eigenvalue weighted by Gasteiger charge is -2.27. The van der Waals surface area contributed by atoms with E-state index in [0.29, 0.717) is 43.8 Å². The van der Waals surface area contributed by atoms with Crippen LogP contribution in [0.4, 0.5) is 4.39 Å². The zero-order valence-electron chi connectivity index (χ0n) is 18.7. The molecule has 4 rings (SSSR count). The minimum atomic E-state index is -0.536. The summed E-state index contributed by atoms with van der Waals surface area (Å²) in [6, 6.07) is 24.5. The quantitative estimate of drug-likeness (QED) is 0.499. The first-order chi connectivity index (χ1) is 16.1. The second-order valence-corrected chi connectivity index (χ2v) is 8.34. The van der Waals surface area contributed by atoms with E-state index in [1.165, 1.54) is 6.07 Å². The smallest absolute Gasteiger partial charge is 0.145 e. The number of halogens is 1. The summed E-state index contributed by atoms with van der Waals surface area (Å²) < 4.78 is 19.5. The molecule has 0 aliphatic carbocycles. The van der Waals surface area contributed by atoms with Gasteiger partial charge in [0, 0.05) is 31.6 Å². The highest BCUT2D eigenvalue weighted by molar-refractivity contribution is 6.01. The second kappa shape index (κ2) is 11.1. The molecule has 0 fully saturated rings. The normalized spacial score (nSPS) is 16.4. The summed E-state index contributed by atoms with van der Waals surface area (Å²) in [4.78, 5) is 7.82. The van der Waals surface area contributed by atoms with E-state index in [1.807, 2.05) is 54.6 Å². The van der Waals surface area contributed by atoms with Gasteiger partial charge in [-0.2, -0.15) is 0 Å². The van der Waals surface area contributed by atoms with Crippen LogP contribution in [-0.4, -0.2) is 48.1 Å². The van der Waals surface area contributed by atoms with Crippen LogP contribution in [-0.2, 0) is 17.8 Å². The Bertz CT molecular complexity index is 1070. The Morgan fingerprint density at radius 2 is 1.82 bits per heavy atom. The van der Waals surface area contributed by atoms with Crippen molar-refractivity contribution in [3.63, 3.8) is 0 Å². The molecule has 1 heterocycles. The van der Waals surface area contributed by atoms with E-state index in [2.05, 4.69) is 10.1 Å². The Kier molecular flexibility index (Phi) is 7.70. The Labute approximate surface area is 194 Å². The average Bonchev–Trinajstić information content (AvgIpc) is 3.28. The summed E-state index contributed by atoms with van der Waals surface area (Å²) >= 11 is 0. The molecule has 0 radical (unpaired) electrons. The lowest BCUT2D eigenvalue weighted by atomic mass is 10.0. The van der Waals surface area contributed by atoms with Crippen LogP contribution in [0.5, 0.6) is 5.75 Å². The fraction of sp³-hybridized carbons (Fsp3) is 0.296. The highest BCUT2D eigenvalue weighted by atomic mass is 19.1. The van der Waals surface area contributed by atoms with Gasteiger partial charge in [0.25, 0.3) is 0 Å². The van der Waals surface area contributed by atoms with Gasteiger partial charge in [-0.3, -0.25) is 4.90 Å². The molecule has 0 saturated heterocycles. The zero-order chi connectivity index (χ0) is 23.0. The van der Waals surface area contributed by atoms with Crippen molar-refractivity contribution < 1.29 is 19.1 Å². The fourth-order valence-electron chi connectivity index (χ4n) is 4.15. The molecule has 0 unspecified atom stereocenters. The van der Waals surface area contributed by atoms with E-state index in [9.17, 15) is 9.50 Å². The predicted octanol–water partition coefficient (Wildman–Crippen LogP) is 4.43. The molecule has 1 N–H and O–H groups in total. The van der Waals surface area contributed by atoms with E-state index in [4.69, 9.17) is 9.57 Å². The summed E-state index contributed by atoms with van der Waals surface area (Å²) in [6.45, 7) is 1.66. The number of hydrogen-bond acceptors (Lipinski definition) is 5. The molecule has 5 nitrogen and oxygen atoms in total. The highest BCUT2D eigenvalue weighted by Gasteiger charge is 2.27. The van der Waals surface area contributed by atoms with E-state index >= 15 is 0 Å². The van der Waals surface area contributed by atoms with Gasteiger partial charge in [0.1, 0.15) is 17.7 Å². The summed E-state index contributed by atoms with van der Waals surface area (Å²) in [5, 5.41) is 15.0. The second-order valence-electron chi connectivity index (χ2n) is 8.34. The molecule has 1 aliphatic rings. The maximum absolute atomic E-state index is 14.2. The molecular formula is C27H29FN2O3. The standard InChI is InChI=1S/C27H29FN2O3/c1-32-23-11-7-10-21(15-23)17-30(18-22(31)14-20-8-3-2-4-9-20)19-24-16-27(29-33-24)25-12-5-6-13-26(25)28/h2-13,15,22,24,31H,14,16-19H2,1H3/t22-,24+/m1/s1. The summed E-state index contributed by atoms with van der Waals surface area (Å²) in [7, 11) is 1.65. The van der Waals surface area contributed by atoms with Gasteiger partial charge in [-0.15, -0.1) is 0 Å². The van der Waals surface area contributed by atoms with Gasteiger partial charge in [-0.05, 0) is 35.7 Å². The van der Waals surface area contributed by atoms with Gasteiger partial charge < -0.3 is 14.7 Å². The number of aliphatic hydroxyl groups is 1. The number of nitrogens with zero attached hydrogens (tertiary/aromatic N) is 2. The van der Waals surface area contributed by atoms with Gasteiger partial charge in [0.05, 0.1) is 18.9 Å². The van der Waals surface area contributed by atoms with Crippen molar-refractivity contribution in [1.29, 1.82) is 0 Å². The SMILES string of the molecule is COc1cccc(CN(C[C@H](O)Cc2ccccc2)C[C@@H]2CC(c3ccccc3F)=NO2)c1. The number of methoxy groups -OCH3 is 1. The molecular weight excluding hydrogens is 419 g/mol. The topological polar surface area (TPSA) is 54.3 Å². The van der Waals surface area contributed by atoms with Crippen molar-refractivity contribution in [3.05, 3.63) is 101 Å². The summed E-state index contributed by atoms with van der Waals surface area (Å²) in [5.74, 6) is 0.492. The molecule has 0 amide bonds. The highest BCUT2D eigenvalue weighted by Crippen LogP contribution is 2.21. The Balaban J connectivity index is 1.43. The van der Waals surface area contributed by atoms with Gasteiger partial charge in [-0.1, -0.05) is 65.8 Å². The molecule has 3 aromatic carbocycles. The van der Waals surface area contributed by atoms with E-state index in [0.717, 1.165) is 16.9 Å². The third-order valence-corrected chi connectivity index (χ3v) is 5.70. The molecule has 1 aliphatic heterocycles. The van der Waals surface area contributed by atoms with Crippen molar-refractivity contribution >= 4 is 5.71 Å². The number of aliphatic hydroxyl groups excluding tert-OH is 1. The number of ether oxygens (including phenoxy) is 1. The van der Waals surface area contributed by atoms with Gasteiger partial charge >= 0.3 is 0 Å². The molecule has 172 valence electrons. The maximum atomic E-state index is 14.2. The third-order valence-electron chi connectivity index (χ3n) is 5.70. The number of benzene rings is 3. The van der Waals surface area contributed by atoms with Crippen LogP contribution >= 0.6 is 0 Å². The Hall–Kier alpha value is -3.22.